The first-order chi connectivity index (χ1) is 12.0. The first-order valence-corrected chi connectivity index (χ1v) is 9.25. The topological polar surface area (TPSA) is 41.1 Å². The fourth-order valence-electron chi connectivity index (χ4n) is 6.76. The summed E-state index contributed by atoms with van der Waals surface area (Å²) in [7, 11) is 0. The van der Waals surface area contributed by atoms with E-state index in [1.54, 1.807) is 0 Å². The predicted molar refractivity (Wildman–Crippen MR) is 93.7 cm³/mol. The van der Waals surface area contributed by atoms with Crippen LogP contribution in [-0.4, -0.2) is 11.6 Å². The molecular formula is C20H25F3N2O. The average molecular weight is 366 g/mol. The summed E-state index contributed by atoms with van der Waals surface area (Å²) in [5, 5.41) is 5.75. The molecule has 0 saturated heterocycles. The van der Waals surface area contributed by atoms with Gasteiger partial charge in [0.2, 0.25) is 0 Å². The monoisotopic (exact) mass is 366 g/mol. The summed E-state index contributed by atoms with van der Waals surface area (Å²) in [6.45, 7) is 4.63. The van der Waals surface area contributed by atoms with E-state index in [1.807, 2.05) is 0 Å². The van der Waals surface area contributed by atoms with Crippen molar-refractivity contribution in [2.45, 2.75) is 64.1 Å². The maximum absolute atomic E-state index is 12.8. The van der Waals surface area contributed by atoms with Gasteiger partial charge >= 0.3 is 12.2 Å². The summed E-state index contributed by atoms with van der Waals surface area (Å²) in [6.07, 6.45) is 2.13. The molecule has 6 heteroatoms. The largest absolute Gasteiger partial charge is 0.416 e. The summed E-state index contributed by atoms with van der Waals surface area (Å²) in [6, 6.07) is 4.37. The molecule has 4 aliphatic rings. The van der Waals surface area contributed by atoms with Crippen molar-refractivity contribution in [2.24, 2.45) is 16.7 Å². The quantitative estimate of drug-likeness (QED) is 0.705. The van der Waals surface area contributed by atoms with Crippen molar-refractivity contribution < 1.29 is 18.0 Å². The summed E-state index contributed by atoms with van der Waals surface area (Å²) in [5.41, 5.74) is -0.297. The molecule has 0 aromatic heterocycles. The van der Waals surface area contributed by atoms with Crippen LogP contribution in [0.1, 0.15) is 57.9 Å². The minimum Gasteiger partial charge on any atom is -0.332 e. The van der Waals surface area contributed by atoms with Gasteiger partial charge in [0.1, 0.15) is 0 Å². The molecule has 3 nitrogen and oxygen atoms in total. The highest BCUT2D eigenvalue weighted by Gasteiger charge is 2.60. The van der Waals surface area contributed by atoms with Gasteiger partial charge in [-0.1, -0.05) is 19.9 Å². The van der Waals surface area contributed by atoms with Crippen molar-refractivity contribution in [3.8, 4) is 0 Å². The Kier molecular flexibility index (Phi) is 3.67. The van der Waals surface area contributed by atoms with E-state index in [2.05, 4.69) is 24.5 Å². The Hall–Kier alpha value is -1.72. The lowest BCUT2D eigenvalue weighted by atomic mass is 9.43. The number of rotatable bonds is 2. The van der Waals surface area contributed by atoms with Crippen LogP contribution in [0.3, 0.4) is 0 Å². The summed E-state index contributed by atoms with van der Waals surface area (Å²) >= 11 is 0. The third-order valence-electron chi connectivity index (χ3n) is 6.45. The molecule has 0 spiro atoms. The number of hydrogen-bond donors (Lipinski definition) is 2. The van der Waals surface area contributed by atoms with E-state index in [-0.39, 0.29) is 22.1 Å². The zero-order chi connectivity index (χ0) is 18.8. The lowest BCUT2D eigenvalue weighted by Gasteiger charge is -2.65. The van der Waals surface area contributed by atoms with Crippen molar-refractivity contribution in [2.75, 3.05) is 5.32 Å². The molecule has 4 fully saturated rings. The van der Waals surface area contributed by atoms with Crippen molar-refractivity contribution in [3.63, 3.8) is 0 Å². The third kappa shape index (κ3) is 3.19. The van der Waals surface area contributed by atoms with Crippen molar-refractivity contribution in [1.29, 1.82) is 0 Å². The van der Waals surface area contributed by atoms with E-state index in [4.69, 9.17) is 0 Å². The van der Waals surface area contributed by atoms with E-state index in [0.717, 1.165) is 31.4 Å². The number of hydrogen-bond acceptors (Lipinski definition) is 1. The second-order valence-electron chi connectivity index (χ2n) is 9.57. The molecule has 5 rings (SSSR count). The number of anilines is 1. The lowest BCUT2D eigenvalue weighted by molar-refractivity contribution is -0.137. The summed E-state index contributed by atoms with van der Waals surface area (Å²) < 4.78 is 38.5. The van der Waals surface area contributed by atoms with Crippen molar-refractivity contribution in [3.05, 3.63) is 29.8 Å². The van der Waals surface area contributed by atoms with Crippen LogP contribution in [0.15, 0.2) is 24.3 Å². The van der Waals surface area contributed by atoms with Gasteiger partial charge in [0.15, 0.2) is 0 Å². The first-order valence-electron chi connectivity index (χ1n) is 9.25. The first kappa shape index (κ1) is 17.7. The molecule has 2 amide bonds. The van der Waals surface area contributed by atoms with Crippen LogP contribution in [0.5, 0.6) is 0 Å². The van der Waals surface area contributed by atoms with Crippen molar-refractivity contribution >= 4 is 11.7 Å². The van der Waals surface area contributed by atoms with E-state index in [9.17, 15) is 18.0 Å². The molecule has 2 N–H and O–H groups in total. The molecule has 2 atom stereocenters. The van der Waals surface area contributed by atoms with Crippen LogP contribution in [0.2, 0.25) is 0 Å². The van der Waals surface area contributed by atoms with Crippen LogP contribution < -0.4 is 10.6 Å². The molecule has 26 heavy (non-hydrogen) atoms. The Morgan fingerprint density at radius 2 is 1.73 bits per heavy atom. The Morgan fingerprint density at radius 1 is 1.08 bits per heavy atom. The van der Waals surface area contributed by atoms with Gasteiger partial charge in [0, 0.05) is 11.2 Å². The summed E-state index contributed by atoms with van der Waals surface area (Å²) in [5.74, 6) is 0.634. The number of halogens is 3. The summed E-state index contributed by atoms with van der Waals surface area (Å²) in [4.78, 5) is 12.6. The molecule has 0 radical (unpaired) electrons. The van der Waals surface area contributed by atoms with Gasteiger partial charge in [-0.3, -0.25) is 0 Å². The Bertz CT molecular complexity index is 727. The van der Waals surface area contributed by atoms with E-state index in [0.29, 0.717) is 5.92 Å². The second kappa shape index (κ2) is 5.40. The van der Waals surface area contributed by atoms with E-state index in [1.165, 1.54) is 31.4 Å². The van der Waals surface area contributed by atoms with Crippen LogP contribution >= 0.6 is 0 Å². The van der Waals surface area contributed by atoms with Crippen LogP contribution in [0, 0.1) is 16.7 Å². The Balaban J connectivity index is 1.49. The molecular weight excluding hydrogens is 341 g/mol. The average Bonchev–Trinajstić information content (AvgIpc) is 2.41. The van der Waals surface area contributed by atoms with Gasteiger partial charge in [0.25, 0.3) is 0 Å². The van der Waals surface area contributed by atoms with Gasteiger partial charge in [-0.2, -0.15) is 13.2 Å². The maximum Gasteiger partial charge on any atom is 0.416 e. The molecule has 4 saturated carbocycles. The lowest BCUT2D eigenvalue weighted by Crippen LogP contribution is -2.65. The van der Waals surface area contributed by atoms with E-state index < -0.39 is 17.8 Å². The number of benzene rings is 1. The van der Waals surface area contributed by atoms with E-state index >= 15 is 0 Å². The fraction of sp³-hybridized carbons (Fsp3) is 0.650. The van der Waals surface area contributed by atoms with Crippen LogP contribution in [-0.2, 0) is 6.18 Å². The third-order valence-corrected chi connectivity index (χ3v) is 6.45. The number of amides is 2. The fourth-order valence-corrected chi connectivity index (χ4v) is 6.76. The number of alkyl halides is 3. The van der Waals surface area contributed by atoms with Crippen LogP contribution in [0.4, 0.5) is 23.7 Å². The predicted octanol–water partition coefficient (Wildman–Crippen LogP) is 5.58. The van der Waals surface area contributed by atoms with Gasteiger partial charge < -0.3 is 10.6 Å². The molecule has 4 aliphatic carbocycles. The molecule has 142 valence electrons. The number of carbonyl (C=O) groups excluding carboxylic acids is 1. The molecule has 2 unspecified atom stereocenters. The number of urea groups is 1. The standard InChI is InChI=1S/C20H25F3N2O/c1-17-7-13-8-18(2,10-17)12-19(9-13,11-17)25-16(26)24-15-5-3-4-14(6-15)20(21,22)23/h3-6,13H,7-12H2,1-2H3,(H2,24,25,26). The minimum absolute atomic E-state index is 0.166. The maximum atomic E-state index is 12.8. The highest BCUT2D eigenvalue weighted by atomic mass is 19.4. The molecule has 1 aromatic rings. The van der Waals surface area contributed by atoms with Gasteiger partial charge in [-0.25, -0.2) is 4.79 Å². The zero-order valence-corrected chi connectivity index (χ0v) is 15.2. The minimum atomic E-state index is -4.42. The number of carbonyl (C=O) groups is 1. The van der Waals surface area contributed by atoms with Crippen molar-refractivity contribution in [1.82, 2.24) is 5.32 Å². The highest BCUT2D eigenvalue weighted by molar-refractivity contribution is 5.90. The molecule has 0 heterocycles. The van der Waals surface area contributed by atoms with Gasteiger partial charge in [-0.15, -0.1) is 0 Å². The zero-order valence-electron chi connectivity index (χ0n) is 15.2. The normalized spacial score (nSPS) is 38.3. The smallest absolute Gasteiger partial charge is 0.332 e. The van der Waals surface area contributed by atoms with Gasteiger partial charge in [0.05, 0.1) is 5.56 Å². The van der Waals surface area contributed by atoms with Gasteiger partial charge in [-0.05, 0) is 73.5 Å². The van der Waals surface area contributed by atoms with Crippen LogP contribution in [0.25, 0.3) is 0 Å². The molecule has 0 aliphatic heterocycles. The Labute approximate surface area is 151 Å². The second-order valence-corrected chi connectivity index (χ2v) is 9.57. The molecule has 1 aromatic carbocycles. The Morgan fingerprint density at radius 3 is 2.31 bits per heavy atom. The molecule has 4 bridgehead atoms. The SMILES string of the molecule is CC12CC3CC(C)(C1)CC(NC(=O)Nc1cccc(C(F)(F)F)c1)(C3)C2. The number of nitrogens with one attached hydrogen (secondary N) is 2. The highest BCUT2D eigenvalue weighted by Crippen LogP contribution is 2.66.